The van der Waals surface area contributed by atoms with E-state index in [2.05, 4.69) is 4.98 Å². The molecule has 1 heterocycles. The predicted octanol–water partition coefficient (Wildman–Crippen LogP) is 4.12. The van der Waals surface area contributed by atoms with Gasteiger partial charge in [-0.25, -0.2) is 0 Å². The Hall–Kier alpha value is -3.28. The molecule has 0 aliphatic carbocycles. The molecule has 0 saturated heterocycles. The minimum absolute atomic E-state index is 0.0871. The number of benzene rings is 2. The van der Waals surface area contributed by atoms with Gasteiger partial charge in [0.05, 0.1) is 20.8 Å². The fraction of sp³-hybridized carbons (Fsp3) is 0.304. The van der Waals surface area contributed by atoms with Crippen LogP contribution in [0, 0.1) is 5.41 Å². The van der Waals surface area contributed by atoms with Crippen molar-refractivity contribution in [2.45, 2.75) is 27.3 Å². The summed E-state index contributed by atoms with van der Waals surface area (Å²) in [5.74, 6) is 1.26. The summed E-state index contributed by atoms with van der Waals surface area (Å²) in [7, 11) is 3.18. The Morgan fingerprint density at radius 1 is 1.00 bits per heavy atom. The molecule has 0 spiro atoms. The first-order valence-electron chi connectivity index (χ1n) is 9.39. The molecule has 3 aromatic rings. The minimum atomic E-state index is -0.615. The van der Waals surface area contributed by atoms with Crippen LogP contribution in [-0.2, 0) is 11.3 Å². The van der Waals surface area contributed by atoms with Crippen molar-refractivity contribution in [1.82, 2.24) is 4.98 Å². The standard InChI is InChI=1S/C23H26N2O4/c1-23(2,3)22(27)25(17-7-6-8-18(13-17)28-4)14-16-11-15-12-19(29-5)9-10-20(15)24-21(16)26/h6-13H,14H2,1-5H3,(H,24,26). The van der Waals surface area contributed by atoms with Gasteiger partial charge in [-0.15, -0.1) is 0 Å². The lowest BCUT2D eigenvalue weighted by atomic mass is 9.94. The largest absolute Gasteiger partial charge is 0.497 e. The number of hydrogen-bond donors (Lipinski definition) is 1. The van der Waals surface area contributed by atoms with E-state index >= 15 is 0 Å². The van der Waals surface area contributed by atoms with Gasteiger partial charge >= 0.3 is 0 Å². The molecule has 0 radical (unpaired) electrons. The predicted molar refractivity (Wildman–Crippen MR) is 115 cm³/mol. The highest BCUT2D eigenvalue weighted by atomic mass is 16.5. The lowest BCUT2D eigenvalue weighted by molar-refractivity contribution is -0.125. The van der Waals surface area contributed by atoms with Crippen molar-refractivity contribution in [2.24, 2.45) is 5.41 Å². The maximum absolute atomic E-state index is 13.2. The number of anilines is 1. The highest BCUT2D eigenvalue weighted by Gasteiger charge is 2.29. The van der Waals surface area contributed by atoms with Gasteiger partial charge in [0.2, 0.25) is 5.91 Å². The fourth-order valence-corrected chi connectivity index (χ4v) is 3.11. The maximum Gasteiger partial charge on any atom is 0.253 e. The number of carbonyl (C=O) groups excluding carboxylic acids is 1. The molecule has 0 saturated carbocycles. The Morgan fingerprint density at radius 3 is 2.34 bits per heavy atom. The summed E-state index contributed by atoms with van der Waals surface area (Å²) in [5, 5.41) is 0.841. The molecule has 0 bridgehead atoms. The van der Waals surface area contributed by atoms with Crippen LogP contribution in [-0.4, -0.2) is 25.1 Å². The summed E-state index contributed by atoms with van der Waals surface area (Å²) < 4.78 is 10.6. The maximum atomic E-state index is 13.2. The third kappa shape index (κ3) is 4.42. The second-order valence-electron chi connectivity index (χ2n) is 7.92. The molecule has 6 heteroatoms. The Kier molecular flexibility index (Phi) is 5.64. The van der Waals surface area contributed by atoms with E-state index in [4.69, 9.17) is 9.47 Å². The van der Waals surface area contributed by atoms with E-state index in [1.165, 1.54) is 0 Å². The lowest BCUT2D eigenvalue weighted by Crippen LogP contribution is -2.40. The number of hydrogen-bond acceptors (Lipinski definition) is 4. The average Bonchev–Trinajstić information content (AvgIpc) is 2.70. The number of aromatic amines is 1. The third-order valence-electron chi connectivity index (χ3n) is 4.71. The number of methoxy groups -OCH3 is 2. The van der Waals surface area contributed by atoms with Gasteiger partial charge in [-0.05, 0) is 36.4 Å². The number of pyridine rings is 1. The van der Waals surface area contributed by atoms with E-state index in [0.717, 1.165) is 10.9 Å². The van der Waals surface area contributed by atoms with Crippen LogP contribution in [0.15, 0.2) is 53.3 Å². The molecule has 0 fully saturated rings. The number of ether oxygens (including phenoxy) is 2. The number of nitrogens with one attached hydrogen (secondary N) is 1. The average molecular weight is 394 g/mol. The molecule has 2 aromatic carbocycles. The minimum Gasteiger partial charge on any atom is -0.497 e. The molecular weight excluding hydrogens is 368 g/mol. The van der Waals surface area contributed by atoms with E-state index in [9.17, 15) is 9.59 Å². The van der Waals surface area contributed by atoms with Gasteiger partial charge in [-0.1, -0.05) is 26.8 Å². The smallest absolute Gasteiger partial charge is 0.253 e. The Balaban J connectivity index is 2.08. The van der Waals surface area contributed by atoms with Gasteiger partial charge in [0.25, 0.3) is 5.56 Å². The number of fused-ring (bicyclic) bond motifs is 1. The van der Waals surface area contributed by atoms with Gasteiger partial charge in [-0.2, -0.15) is 0 Å². The van der Waals surface area contributed by atoms with Crippen LogP contribution in [0.1, 0.15) is 26.3 Å². The van der Waals surface area contributed by atoms with Crippen LogP contribution >= 0.6 is 0 Å². The van der Waals surface area contributed by atoms with Crippen molar-refractivity contribution in [1.29, 1.82) is 0 Å². The monoisotopic (exact) mass is 394 g/mol. The number of H-pyrrole nitrogens is 1. The summed E-state index contributed by atoms with van der Waals surface area (Å²) in [6.07, 6.45) is 0. The van der Waals surface area contributed by atoms with Gasteiger partial charge in [-0.3, -0.25) is 9.59 Å². The summed E-state index contributed by atoms with van der Waals surface area (Å²) in [5.41, 5.74) is 1.04. The van der Waals surface area contributed by atoms with Crippen LogP contribution in [0.4, 0.5) is 5.69 Å². The van der Waals surface area contributed by atoms with Crippen LogP contribution in [0.2, 0.25) is 0 Å². The molecule has 1 amide bonds. The highest BCUT2D eigenvalue weighted by molar-refractivity contribution is 5.97. The topological polar surface area (TPSA) is 71.6 Å². The zero-order valence-electron chi connectivity index (χ0n) is 17.4. The molecule has 3 rings (SSSR count). The lowest BCUT2D eigenvalue weighted by Gasteiger charge is -2.29. The fourth-order valence-electron chi connectivity index (χ4n) is 3.11. The second kappa shape index (κ2) is 7.99. The first-order valence-corrected chi connectivity index (χ1v) is 9.39. The molecule has 0 unspecified atom stereocenters. The Labute approximate surface area is 170 Å². The van der Waals surface area contributed by atoms with E-state index in [0.29, 0.717) is 22.7 Å². The molecular formula is C23H26N2O4. The zero-order chi connectivity index (χ0) is 21.2. The van der Waals surface area contributed by atoms with Crippen molar-refractivity contribution in [3.8, 4) is 11.5 Å². The summed E-state index contributed by atoms with van der Waals surface area (Å²) in [6.45, 7) is 5.72. The van der Waals surface area contributed by atoms with Gasteiger partial charge in [0.1, 0.15) is 11.5 Å². The molecule has 29 heavy (non-hydrogen) atoms. The van der Waals surface area contributed by atoms with Gasteiger partial charge in [0.15, 0.2) is 0 Å². The van der Waals surface area contributed by atoms with Crippen LogP contribution in [0.3, 0.4) is 0 Å². The van der Waals surface area contributed by atoms with E-state index in [1.54, 1.807) is 43.4 Å². The third-order valence-corrected chi connectivity index (χ3v) is 4.71. The molecule has 1 N–H and O–H groups in total. The van der Waals surface area contributed by atoms with Crippen molar-refractivity contribution < 1.29 is 14.3 Å². The molecule has 0 aliphatic rings. The van der Waals surface area contributed by atoms with Crippen LogP contribution in [0.5, 0.6) is 11.5 Å². The van der Waals surface area contributed by atoms with Gasteiger partial charge in [0, 0.05) is 33.6 Å². The van der Waals surface area contributed by atoms with Crippen LogP contribution < -0.4 is 19.9 Å². The molecule has 0 aliphatic heterocycles. The second-order valence-corrected chi connectivity index (χ2v) is 7.92. The van der Waals surface area contributed by atoms with E-state index < -0.39 is 5.41 Å². The number of nitrogens with zero attached hydrogens (tertiary/aromatic N) is 1. The quantitative estimate of drug-likeness (QED) is 0.706. The van der Waals surface area contributed by atoms with Gasteiger partial charge < -0.3 is 19.4 Å². The molecule has 0 atom stereocenters. The van der Waals surface area contributed by atoms with E-state index in [-0.39, 0.29) is 18.0 Å². The number of amides is 1. The SMILES string of the molecule is COc1cccc(N(Cc2cc3cc(OC)ccc3[nH]c2=O)C(=O)C(C)(C)C)c1. The first-order chi connectivity index (χ1) is 13.7. The first kappa shape index (κ1) is 20.5. The number of aromatic nitrogens is 1. The van der Waals surface area contributed by atoms with Crippen molar-refractivity contribution in [3.63, 3.8) is 0 Å². The summed E-state index contributed by atoms with van der Waals surface area (Å²) >= 11 is 0. The summed E-state index contributed by atoms with van der Waals surface area (Å²) in [4.78, 5) is 30.4. The Morgan fingerprint density at radius 2 is 1.69 bits per heavy atom. The van der Waals surface area contributed by atoms with E-state index in [1.807, 2.05) is 45.0 Å². The molecule has 6 nitrogen and oxygen atoms in total. The van der Waals surface area contributed by atoms with Crippen molar-refractivity contribution in [3.05, 3.63) is 64.4 Å². The molecule has 152 valence electrons. The van der Waals surface area contributed by atoms with Crippen molar-refractivity contribution >= 4 is 22.5 Å². The number of rotatable bonds is 5. The number of carbonyl (C=O) groups is 1. The summed E-state index contributed by atoms with van der Waals surface area (Å²) in [6, 6.07) is 14.5. The van der Waals surface area contributed by atoms with Crippen molar-refractivity contribution in [2.75, 3.05) is 19.1 Å². The Bertz CT molecular complexity index is 1100. The molecule has 1 aromatic heterocycles. The van der Waals surface area contributed by atoms with Crippen LogP contribution in [0.25, 0.3) is 10.9 Å². The zero-order valence-corrected chi connectivity index (χ0v) is 17.4. The normalized spacial score (nSPS) is 11.3. The highest BCUT2D eigenvalue weighted by Crippen LogP contribution is 2.28.